The molecule has 0 saturated heterocycles. The Labute approximate surface area is 140 Å². The molecular weight excluding hydrogens is 288 g/mol. The van der Waals surface area contributed by atoms with Gasteiger partial charge in [0, 0.05) is 5.56 Å². The lowest BCUT2D eigenvalue weighted by molar-refractivity contribution is 1.74. The van der Waals surface area contributed by atoms with E-state index >= 15 is 0 Å². The number of fused-ring (bicyclic) bond motifs is 5. The lowest BCUT2D eigenvalue weighted by Gasteiger charge is -2.09. The number of hydrogen-bond donors (Lipinski definition) is 0. The van der Waals surface area contributed by atoms with Crippen LogP contribution in [-0.4, -0.2) is 0 Å². The Bertz CT molecular complexity index is 1300. The molecule has 0 heteroatoms. The van der Waals surface area contributed by atoms with Gasteiger partial charge in [0.2, 0.25) is 0 Å². The average Bonchev–Trinajstić information content (AvgIpc) is 2.64. The summed E-state index contributed by atoms with van der Waals surface area (Å²) in [5, 5.41) is 9.93. The second-order valence-electron chi connectivity index (χ2n) is 6.23. The highest BCUT2D eigenvalue weighted by molar-refractivity contribution is 6.15. The van der Waals surface area contributed by atoms with Gasteiger partial charge in [0.05, 0.1) is 0 Å². The highest BCUT2D eigenvalue weighted by Gasteiger charge is 2.06. The molecule has 0 atom stereocenters. The van der Waals surface area contributed by atoms with Crippen molar-refractivity contribution in [2.24, 2.45) is 0 Å². The molecular formula is C24H14. The normalized spacial score (nSPS) is 11.3. The summed E-state index contributed by atoms with van der Waals surface area (Å²) in [5.41, 5.74) is 0.951. The third-order valence-corrected chi connectivity index (χ3v) is 4.86. The molecule has 0 N–H and O–H groups in total. The van der Waals surface area contributed by atoms with E-state index in [1.165, 1.54) is 37.7 Å². The quantitative estimate of drug-likeness (QED) is 0.179. The summed E-state index contributed by atoms with van der Waals surface area (Å²) >= 11 is 0. The summed E-state index contributed by atoms with van der Waals surface area (Å²) < 4.78 is 0. The van der Waals surface area contributed by atoms with Crippen molar-refractivity contribution >= 4 is 43.1 Å². The molecule has 0 aliphatic carbocycles. The van der Waals surface area contributed by atoms with Gasteiger partial charge >= 0.3 is 0 Å². The molecule has 0 radical (unpaired) electrons. The van der Waals surface area contributed by atoms with E-state index in [1.807, 2.05) is 12.1 Å². The van der Waals surface area contributed by atoms with Crippen molar-refractivity contribution in [1.29, 1.82) is 0 Å². The monoisotopic (exact) mass is 302 g/mol. The van der Waals surface area contributed by atoms with E-state index in [-0.39, 0.29) is 0 Å². The van der Waals surface area contributed by atoms with Gasteiger partial charge in [-0.3, -0.25) is 0 Å². The minimum absolute atomic E-state index is 0.951. The number of rotatable bonds is 0. The van der Waals surface area contributed by atoms with Crippen molar-refractivity contribution < 1.29 is 0 Å². The maximum absolute atomic E-state index is 5.70. The molecule has 5 aromatic carbocycles. The van der Waals surface area contributed by atoms with Gasteiger partial charge in [-0.15, -0.1) is 6.42 Å². The number of hydrogen-bond acceptors (Lipinski definition) is 0. The standard InChI is InChI=1S/C24H14/c1-2-16-8-5-9-19-13-21-11-10-20-12-17-6-3-4-7-18(17)14-23(20)24(21)15-22(16)19/h1,3-15H. The van der Waals surface area contributed by atoms with Gasteiger partial charge in [0.15, 0.2) is 0 Å². The smallest absolute Gasteiger partial charge is 0.0321 e. The molecule has 110 valence electrons. The summed E-state index contributed by atoms with van der Waals surface area (Å²) in [6.45, 7) is 0. The Balaban J connectivity index is 2.00. The molecule has 0 aliphatic rings. The number of benzene rings is 5. The largest absolute Gasteiger partial charge is 0.115 e. The fourth-order valence-corrected chi connectivity index (χ4v) is 3.65. The molecule has 0 spiro atoms. The molecule has 5 rings (SSSR count). The van der Waals surface area contributed by atoms with E-state index in [0.717, 1.165) is 10.9 Å². The first kappa shape index (κ1) is 13.2. The molecule has 0 saturated carbocycles. The van der Waals surface area contributed by atoms with Crippen molar-refractivity contribution in [3.63, 3.8) is 0 Å². The van der Waals surface area contributed by atoms with Gasteiger partial charge < -0.3 is 0 Å². The second kappa shape index (κ2) is 4.85. The minimum atomic E-state index is 0.951. The summed E-state index contributed by atoms with van der Waals surface area (Å²) in [6.07, 6.45) is 5.70. The van der Waals surface area contributed by atoms with Crippen LogP contribution in [0, 0.1) is 12.3 Å². The molecule has 0 fully saturated rings. The third-order valence-electron chi connectivity index (χ3n) is 4.86. The predicted molar refractivity (Wildman–Crippen MR) is 104 cm³/mol. The van der Waals surface area contributed by atoms with E-state index in [0.29, 0.717) is 0 Å². The molecule has 5 aromatic rings. The zero-order valence-electron chi connectivity index (χ0n) is 13.1. The molecule has 24 heavy (non-hydrogen) atoms. The van der Waals surface area contributed by atoms with Crippen LogP contribution in [-0.2, 0) is 0 Å². The summed E-state index contributed by atoms with van der Waals surface area (Å²) in [7, 11) is 0. The Kier molecular flexibility index (Phi) is 2.66. The van der Waals surface area contributed by atoms with Crippen molar-refractivity contribution in [3.8, 4) is 12.3 Å². The van der Waals surface area contributed by atoms with E-state index in [2.05, 4.69) is 72.7 Å². The van der Waals surface area contributed by atoms with Gasteiger partial charge in [-0.2, -0.15) is 0 Å². The maximum atomic E-state index is 5.70. The van der Waals surface area contributed by atoms with Crippen LogP contribution in [0.2, 0.25) is 0 Å². The van der Waals surface area contributed by atoms with Gasteiger partial charge in [-0.25, -0.2) is 0 Å². The Morgan fingerprint density at radius 2 is 1.08 bits per heavy atom. The molecule has 0 aliphatic heterocycles. The molecule has 0 nitrogen and oxygen atoms in total. The molecule has 0 aromatic heterocycles. The van der Waals surface area contributed by atoms with Gasteiger partial charge in [-0.05, 0) is 73.4 Å². The lowest BCUT2D eigenvalue weighted by Crippen LogP contribution is -1.83. The van der Waals surface area contributed by atoms with E-state index in [4.69, 9.17) is 6.42 Å². The Morgan fingerprint density at radius 3 is 1.83 bits per heavy atom. The average molecular weight is 302 g/mol. The summed E-state index contributed by atoms with van der Waals surface area (Å²) in [4.78, 5) is 0. The Hall–Kier alpha value is -3.30. The molecule has 0 unspecified atom stereocenters. The van der Waals surface area contributed by atoms with Gasteiger partial charge in [0.25, 0.3) is 0 Å². The van der Waals surface area contributed by atoms with Crippen LogP contribution < -0.4 is 0 Å². The fraction of sp³-hybridized carbons (Fsp3) is 0. The topological polar surface area (TPSA) is 0 Å². The van der Waals surface area contributed by atoms with E-state index in [9.17, 15) is 0 Å². The molecule has 0 heterocycles. The second-order valence-corrected chi connectivity index (χ2v) is 6.23. The van der Waals surface area contributed by atoms with Crippen molar-refractivity contribution in [2.45, 2.75) is 0 Å². The van der Waals surface area contributed by atoms with Crippen LogP contribution in [0.25, 0.3) is 43.1 Å². The van der Waals surface area contributed by atoms with Gasteiger partial charge in [0.1, 0.15) is 0 Å². The minimum Gasteiger partial charge on any atom is -0.115 e. The third kappa shape index (κ3) is 1.82. The SMILES string of the molecule is C#Cc1cccc2cc3ccc4cc5ccccc5cc4c3cc12. The van der Waals surface area contributed by atoms with Crippen LogP contribution >= 0.6 is 0 Å². The van der Waals surface area contributed by atoms with E-state index < -0.39 is 0 Å². The molecule has 0 bridgehead atoms. The maximum Gasteiger partial charge on any atom is 0.0321 e. The van der Waals surface area contributed by atoms with Crippen LogP contribution in [0.5, 0.6) is 0 Å². The molecule has 0 amide bonds. The van der Waals surface area contributed by atoms with Crippen molar-refractivity contribution in [2.75, 3.05) is 0 Å². The van der Waals surface area contributed by atoms with Crippen LogP contribution in [0.3, 0.4) is 0 Å². The number of terminal acetylenes is 1. The summed E-state index contributed by atoms with van der Waals surface area (Å²) in [6, 6.07) is 28.1. The first-order valence-electron chi connectivity index (χ1n) is 8.08. The predicted octanol–water partition coefficient (Wildman–Crippen LogP) is 6.28. The first-order valence-corrected chi connectivity index (χ1v) is 8.08. The lowest BCUT2D eigenvalue weighted by atomic mass is 9.94. The van der Waals surface area contributed by atoms with E-state index in [1.54, 1.807) is 0 Å². The van der Waals surface area contributed by atoms with Crippen LogP contribution in [0.4, 0.5) is 0 Å². The van der Waals surface area contributed by atoms with Crippen LogP contribution in [0.15, 0.2) is 78.9 Å². The Morgan fingerprint density at radius 1 is 0.500 bits per heavy atom. The zero-order valence-corrected chi connectivity index (χ0v) is 13.1. The fourth-order valence-electron chi connectivity index (χ4n) is 3.65. The van der Waals surface area contributed by atoms with Crippen molar-refractivity contribution in [1.82, 2.24) is 0 Å². The highest BCUT2D eigenvalue weighted by Crippen LogP contribution is 2.33. The zero-order chi connectivity index (χ0) is 16.1. The van der Waals surface area contributed by atoms with Crippen LogP contribution in [0.1, 0.15) is 5.56 Å². The van der Waals surface area contributed by atoms with Gasteiger partial charge in [-0.1, -0.05) is 54.5 Å². The van der Waals surface area contributed by atoms with Crippen molar-refractivity contribution in [3.05, 3.63) is 84.4 Å². The summed E-state index contributed by atoms with van der Waals surface area (Å²) in [5.74, 6) is 2.81. The first-order chi connectivity index (χ1) is 11.8. The highest BCUT2D eigenvalue weighted by atomic mass is 14.1.